The van der Waals surface area contributed by atoms with E-state index in [1.54, 1.807) is 6.92 Å². The molecule has 2 aromatic carbocycles. The lowest BCUT2D eigenvalue weighted by molar-refractivity contribution is -0.139. The summed E-state index contributed by atoms with van der Waals surface area (Å²) in [4.78, 5) is 27.4. The molecule has 1 heterocycles. The second kappa shape index (κ2) is 9.28. The molecule has 1 atom stereocenters. The van der Waals surface area contributed by atoms with Gasteiger partial charge in [-0.05, 0) is 38.5 Å². The van der Waals surface area contributed by atoms with Gasteiger partial charge in [-0.25, -0.2) is 9.59 Å². The van der Waals surface area contributed by atoms with E-state index in [1.807, 2.05) is 68.4 Å². The molecule has 0 radical (unpaired) electrons. The number of urea groups is 1. The second-order valence-corrected chi connectivity index (χ2v) is 6.90. The van der Waals surface area contributed by atoms with Crippen molar-refractivity contribution in [3.63, 3.8) is 0 Å². The van der Waals surface area contributed by atoms with Crippen molar-refractivity contribution in [3.05, 3.63) is 77.0 Å². The number of para-hydroxylation sites is 1. The van der Waals surface area contributed by atoms with Gasteiger partial charge in [-0.15, -0.1) is 0 Å². The van der Waals surface area contributed by atoms with Crippen LogP contribution in [0.15, 0.2) is 65.9 Å². The van der Waals surface area contributed by atoms with E-state index in [2.05, 4.69) is 15.5 Å². The highest BCUT2D eigenvalue weighted by Crippen LogP contribution is 2.29. The number of benzene rings is 2. The van der Waals surface area contributed by atoms with E-state index in [0.717, 1.165) is 23.4 Å². The Balaban J connectivity index is 2.04. The van der Waals surface area contributed by atoms with E-state index in [0.29, 0.717) is 17.8 Å². The van der Waals surface area contributed by atoms with Gasteiger partial charge in [0.05, 0.1) is 30.5 Å². The molecular weight excluding hydrogens is 366 g/mol. The fraction of sp³-hybridized carbons (Fsp3) is 0.304. The Morgan fingerprint density at radius 1 is 1.07 bits per heavy atom. The molecule has 0 saturated carbocycles. The van der Waals surface area contributed by atoms with Crippen LogP contribution in [0.5, 0.6) is 0 Å². The highest BCUT2D eigenvalue weighted by Gasteiger charge is 2.34. The molecule has 0 aliphatic carbocycles. The lowest BCUT2D eigenvalue weighted by Crippen LogP contribution is -2.48. The third-order valence-corrected chi connectivity index (χ3v) is 4.91. The molecule has 29 heavy (non-hydrogen) atoms. The number of ether oxygens (including phenoxy) is 1. The SMILES string of the molecule is CCOC(=O)C1=C(CN(CC)c2ccccc2)NC(=O)N[C@@H]1c1ccc(C)cc1. The number of carbonyl (C=O) groups excluding carboxylic acids is 2. The Labute approximate surface area is 171 Å². The predicted molar refractivity (Wildman–Crippen MR) is 114 cm³/mol. The monoisotopic (exact) mass is 393 g/mol. The van der Waals surface area contributed by atoms with Crippen molar-refractivity contribution >= 4 is 17.7 Å². The van der Waals surface area contributed by atoms with Crippen LogP contribution in [0.2, 0.25) is 0 Å². The first-order valence-corrected chi connectivity index (χ1v) is 9.87. The molecular formula is C23H27N3O3. The van der Waals surface area contributed by atoms with Crippen molar-refractivity contribution in [3.8, 4) is 0 Å². The third-order valence-electron chi connectivity index (χ3n) is 4.91. The predicted octanol–water partition coefficient (Wildman–Crippen LogP) is 3.69. The zero-order valence-corrected chi connectivity index (χ0v) is 17.1. The molecule has 0 aromatic heterocycles. The molecule has 0 saturated heterocycles. The molecule has 0 bridgehead atoms. The molecule has 152 valence electrons. The molecule has 1 aliphatic heterocycles. The van der Waals surface area contributed by atoms with E-state index in [4.69, 9.17) is 4.74 Å². The summed E-state index contributed by atoms with van der Waals surface area (Å²) in [6, 6.07) is 16.8. The molecule has 0 unspecified atom stereocenters. The fourth-order valence-corrected chi connectivity index (χ4v) is 3.42. The molecule has 2 N–H and O–H groups in total. The zero-order valence-electron chi connectivity index (χ0n) is 17.1. The summed E-state index contributed by atoms with van der Waals surface area (Å²) in [5.74, 6) is -0.426. The van der Waals surface area contributed by atoms with Crippen LogP contribution in [-0.4, -0.2) is 31.7 Å². The minimum absolute atomic E-state index is 0.264. The van der Waals surface area contributed by atoms with Gasteiger partial charge in [0, 0.05) is 12.2 Å². The maximum Gasteiger partial charge on any atom is 0.338 e. The molecule has 6 heteroatoms. The zero-order chi connectivity index (χ0) is 20.8. The number of esters is 1. The molecule has 0 fully saturated rings. The number of hydrogen-bond donors (Lipinski definition) is 2. The summed E-state index contributed by atoms with van der Waals surface area (Å²) in [5.41, 5.74) is 3.96. The van der Waals surface area contributed by atoms with Crippen LogP contribution < -0.4 is 15.5 Å². The summed E-state index contributed by atoms with van der Waals surface area (Å²) < 4.78 is 5.34. The van der Waals surface area contributed by atoms with Crippen LogP contribution in [0.3, 0.4) is 0 Å². The quantitative estimate of drug-likeness (QED) is 0.704. The second-order valence-electron chi connectivity index (χ2n) is 6.90. The Bertz CT molecular complexity index is 891. The number of rotatable bonds is 7. The van der Waals surface area contributed by atoms with Gasteiger partial charge in [-0.1, -0.05) is 48.0 Å². The lowest BCUT2D eigenvalue weighted by Gasteiger charge is -2.32. The molecule has 6 nitrogen and oxygen atoms in total. The van der Waals surface area contributed by atoms with E-state index < -0.39 is 12.0 Å². The first-order chi connectivity index (χ1) is 14.0. The largest absolute Gasteiger partial charge is 0.463 e. The Morgan fingerprint density at radius 2 is 1.76 bits per heavy atom. The molecule has 0 spiro atoms. The number of likely N-dealkylation sites (N-methyl/N-ethyl adjacent to an activating group) is 1. The smallest absolute Gasteiger partial charge is 0.338 e. The summed E-state index contributed by atoms with van der Waals surface area (Å²) in [6.07, 6.45) is 0. The van der Waals surface area contributed by atoms with Gasteiger partial charge in [-0.2, -0.15) is 0 Å². The van der Waals surface area contributed by atoms with Gasteiger partial charge in [0.15, 0.2) is 0 Å². The van der Waals surface area contributed by atoms with Crippen LogP contribution in [-0.2, 0) is 9.53 Å². The number of carbonyl (C=O) groups is 2. The topological polar surface area (TPSA) is 70.7 Å². The van der Waals surface area contributed by atoms with Crippen molar-refractivity contribution < 1.29 is 14.3 Å². The summed E-state index contributed by atoms with van der Waals surface area (Å²) in [7, 11) is 0. The van der Waals surface area contributed by atoms with Gasteiger partial charge in [0.1, 0.15) is 0 Å². The van der Waals surface area contributed by atoms with E-state index in [1.165, 1.54) is 0 Å². The third kappa shape index (κ3) is 4.77. The van der Waals surface area contributed by atoms with Gasteiger partial charge in [0.2, 0.25) is 0 Å². The highest BCUT2D eigenvalue weighted by atomic mass is 16.5. The number of anilines is 1. The minimum atomic E-state index is -0.562. The van der Waals surface area contributed by atoms with E-state index in [-0.39, 0.29) is 12.6 Å². The maximum atomic E-state index is 12.9. The number of aryl methyl sites for hydroxylation is 1. The van der Waals surface area contributed by atoms with E-state index in [9.17, 15) is 9.59 Å². The Kier molecular flexibility index (Phi) is 6.54. The van der Waals surface area contributed by atoms with Crippen molar-refractivity contribution in [1.29, 1.82) is 0 Å². The van der Waals surface area contributed by atoms with Gasteiger partial charge < -0.3 is 20.3 Å². The van der Waals surface area contributed by atoms with Gasteiger partial charge in [-0.3, -0.25) is 0 Å². The van der Waals surface area contributed by atoms with Crippen LogP contribution in [0, 0.1) is 6.92 Å². The van der Waals surface area contributed by atoms with Crippen molar-refractivity contribution in [1.82, 2.24) is 10.6 Å². The summed E-state index contributed by atoms with van der Waals surface area (Å²) in [5, 5.41) is 5.71. The normalized spacial score (nSPS) is 16.1. The number of nitrogens with one attached hydrogen (secondary N) is 2. The lowest BCUT2D eigenvalue weighted by atomic mass is 9.94. The Hall–Kier alpha value is -3.28. The van der Waals surface area contributed by atoms with Gasteiger partial charge >= 0.3 is 12.0 Å². The number of hydrogen-bond acceptors (Lipinski definition) is 4. The minimum Gasteiger partial charge on any atom is -0.463 e. The first kappa shape index (κ1) is 20.5. The number of nitrogens with zero attached hydrogens (tertiary/aromatic N) is 1. The average Bonchev–Trinajstić information content (AvgIpc) is 2.73. The molecule has 2 aromatic rings. The van der Waals surface area contributed by atoms with Crippen molar-refractivity contribution in [2.45, 2.75) is 26.8 Å². The fourth-order valence-electron chi connectivity index (χ4n) is 3.42. The summed E-state index contributed by atoms with van der Waals surface area (Å²) >= 11 is 0. The standard InChI is InChI=1S/C23H27N3O3/c1-4-26(18-9-7-6-8-10-18)15-19-20(22(27)29-5-2)21(25-23(28)24-19)17-13-11-16(3)12-14-17/h6-14,21H,4-5,15H2,1-3H3,(H2,24,25,28)/t21-/m1/s1. The first-order valence-electron chi connectivity index (χ1n) is 9.87. The number of amides is 2. The van der Waals surface area contributed by atoms with Crippen molar-refractivity contribution in [2.75, 3.05) is 24.6 Å². The highest BCUT2D eigenvalue weighted by molar-refractivity contribution is 5.95. The summed E-state index contributed by atoms with van der Waals surface area (Å²) in [6.45, 7) is 7.19. The van der Waals surface area contributed by atoms with Gasteiger partial charge in [0.25, 0.3) is 0 Å². The van der Waals surface area contributed by atoms with E-state index >= 15 is 0 Å². The molecule has 3 rings (SSSR count). The van der Waals surface area contributed by atoms with Crippen molar-refractivity contribution in [2.24, 2.45) is 0 Å². The average molecular weight is 393 g/mol. The van der Waals surface area contributed by atoms with Crippen LogP contribution in [0.4, 0.5) is 10.5 Å². The van der Waals surface area contributed by atoms with Crippen LogP contribution >= 0.6 is 0 Å². The Morgan fingerprint density at radius 3 is 2.38 bits per heavy atom. The molecule has 1 aliphatic rings. The molecule has 2 amide bonds. The van der Waals surface area contributed by atoms with Crippen LogP contribution in [0.25, 0.3) is 0 Å². The maximum absolute atomic E-state index is 12.9. The van der Waals surface area contributed by atoms with Crippen LogP contribution in [0.1, 0.15) is 31.0 Å².